The lowest BCUT2D eigenvalue weighted by atomic mass is 10.1. The Hall–Kier alpha value is -2.35. The Bertz CT molecular complexity index is 899. The predicted molar refractivity (Wildman–Crippen MR) is 99.4 cm³/mol. The molecular weight excluding hydrogens is 425 g/mol. The van der Waals surface area contributed by atoms with E-state index in [0.29, 0.717) is 5.69 Å². The van der Waals surface area contributed by atoms with Crippen LogP contribution in [0, 0.1) is 12.8 Å². The van der Waals surface area contributed by atoms with E-state index in [1.807, 2.05) is 6.92 Å². The van der Waals surface area contributed by atoms with Crippen molar-refractivity contribution < 1.29 is 22.8 Å². The molecule has 3 rings (SSSR count). The number of hydrogen-bond acceptors (Lipinski definition) is 2. The van der Waals surface area contributed by atoms with Crippen LogP contribution in [-0.2, 0) is 15.8 Å². The monoisotopic (exact) mass is 440 g/mol. The van der Waals surface area contributed by atoms with Crippen LogP contribution in [0.5, 0.6) is 0 Å². The number of alkyl halides is 3. The summed E-state index contributed by atoms with van der Waals surface area (Å²) in [6.07, 6.45) is -4.54. The minimum atomic E-state index is -4.49. The number of anilines is 2. The molecule has 8 heteroatoms. The SMILES string of the molecule is Cc1cc(NC(=O)[C@H]2CC(=O)N(c3cccc(C(F)(F)F)c3)C2)ccc1Br. The molecule has 0 saturated carbocycles. The maximum absolute atomic E-state index is 12.9. The lowest BCUT2D eigenvalue weighted by Crippen LogP contribution is -2.28. The van der Waals surface area contributed by atoms with Crippen LogP contribution in [0.3, 0.4) is 0 Å². The van der Waals surface area contributed by atoms with Gasteiger partial charge in [-0.15, -0.1) is 0 Å². The van der Waals surface area contributed by atoms with Crippen molar-refractivity contribution in [2.75, 3.05) is 16.8 Å². The van der Waals surface area contributed by atoms with Gasteiger partial charge in [0.15, 0.2) is 0 Å². The summed E-state index contributed by atoms with van der Waals surface area (Å²) in [5, 5.41) is 2.76. The first kappa shape index (κ1) is 19.4. The Balaban J connectivity index is 1.73. The molecule has 2 aromatic rings. The van der Waals surface area contributed by atoms with Gasteiger partial charge in [0.05, 0.1) is 11.5 Å². The van der Waals surface area contributed by atoms with Crippen molar-refractivity contribution in [2.24, 2.45) is 5.92 Å². The highest BCUT2D eigenvalue weighted by Gasteiger charge is 2.37. The molecule has 2 aromatic carbocycles. The normalized spacial score (nSPS) is 17.3. The second kappa shape index (κ2) is 7.34. The third-order valence-electron chi connectivity index (χ3n) is 4.41. The maximum atomic E-state index is 12.9. The summed E-state index contributed by atoms with van der Waals surface area (Å²) < 4.78 is 39.6. The Morgan fingerprint density at radius 3 is 2.63 bits per heavy atom. The van der Waals surface area contributed by atoms with Crippen LogP contribution in [0.15, 0.2) is 46.9 Å². The zero-order valence-corrected chi connectivity index (χ0v) is 15.9. The molecule has 27 heavy (non-hydrogen) atoms. The van der Waals surface area contributed by atoms with Gasteiger partial charge in [-0.25, -0.2) is 0 Å². The number of nitrogens with one attached hydrogen (secondary N) is 1. The summed E-state index contributed by atoms with van der Waals surface area (Å²) in [5.41, 5.74) is 0.863. The number of hydrogen-bond donors (Lipinski definition) is 1. The molecule has 142 valence electrons. The summed E-state index contributed by atoms with van der Waals surface area (Å²) in [6.45, 7) is 1.93. The van der Waals surface area contributed by atoms with Gasteiger partial charge in [0.1, 0.15) is 0 Å². The topological polar surface area (TPSA) is 49.4 Å². The van der Waals surface area contributed by atoms with Crippen molar-refractivity contribution in [3.05, 3.63) is 58.1 Å². The number of carbonyl (C=O) groups excluding carboxylic acids is 2. The highest BCUT2D eigenvalue weighted by Crippen LogP contribution is 2.33. The number of rotatable bonds is 3. The predicted octanol–water partition coefficient (Wildman–Crippen LogP) is 4.77. The zero-order valence-electron chi connectivity index (χ0n) is 14.3. The number of carbonyl (C=O) groups is 2. The van der Waals surface area contributed by atoms with Crippen molar-refractivity contribution in [2.45, 2.75) is 19.5 Å². The molecule has 1 fully saturated rings. The lowest BCUT2D eigenvalue weighted by Gasteiger charge is -2.18. The van der Waals surface area contributed by atoms with E-state index in [-0.39, 0.29) is 30.5 Å². The Labute approximate surface area is 162 Å². The van der Waals surface area contributed by atoms with E-state index < -0.39 is 17.7 Å². The largest absolute Gasteiger partial charge is 0.416 e. The summed E-state index contributed by atoms with van der Waals surface area (Å²) in [4.78, 5) is 26.0. The molecule has 1 saturated heterocycles. The number of halogens is 4. The van der Waals surface area contributed by atoms with Crippen molar-refractivity contribution in [1.82, 2.24) is 0 Å². The van der Waals surface area contributed by atoms with Gasteiger partial charge in [-0.05, 0) is 48.9 Å². The summed E-state index contributed by atoms with van der Waals surface area (Å²) >= 11 is 3.38. The van der Waals surface area contributed by atoms with Gasteiger partial charge < -0.3 is 10.2 Å². The minimum absolute atomic E-state index is 0.0431. The zero-order chi connectivity index (χ0) is 19.8. The van der Waals surface area contributed by atoms with Gasteiger partial charge in [0.25, 0.3) is 0 Å². The smallest absolute Gasteiger partial charge is 0.326 e. The van der Waals surface area contributed by atoms with Crippen LogP contribution in [0.4, 0.5) is 24.5 Å². The van der Waals surface area contributed by atoms with Crippen LogP contribution >= 0.6 is 15.9 Å². The van der Waals surface area contributed by atoms with E-state index in [2.05, 4.69) is 21.2 Å². The van der Waals surface area contributed by atoms with E-state index in [1.165, 1.54) is 17.0 Å². The van der Waals surface area contributed by atoms with Gasteiger partial charge in [0, 0.05) is 28.8 Å². The van der Waals surface area contributed by atoms with E-state index in [0.717, 1.165) is 22.2 Å². The number of aryl methyl sites for hydroxylation is 1. The van der Waals surface area contributed by atoms with Crippen LogP contribution in [0.2, 0.25) is 0 Å². The molecule has 0 unspecified atom stereocenters. The standard InChI is InChI=1S/C19H16BrF3N2O2/c1-11-7-14(5-6-16(11)20)24-18(27)12-8-17(26)25(10-12)15-4-2-3-13(9-15)19(21,22)23/h2-7,9,12H,8,10H2,1H3,(H,24,27)/t12-/m0/s1. The van der Waals surface area contributed by atoms with Crippen LogP contribution in [-0.4, -0.2) is 18.4 Å². The summed E-state index contributed by atoms with van der Waals surface area (Å²) in [5.74, 6) is -1.34. The molecule has 4 nitrogen and oxygen atoms in total. The number of nitrogens with zero attached hydrogens (tertiary/aromatic N) is 1. The van der Waals surface area contributed by atoms with Crippen molar-refractivity contribution in [1.29, 1.82) is 0 Å². The molecule has 0 radical (unpaired) electrons. The first-order chi connectivity index (χ1) is 12.6. The van der Waals surface area contributed by atoms with Crippen molar-refractivity contribution >= 4 is 39.1 Å². The van der Waals surface area contributed by atoms with E-state index >= 15 is 0 Å². The fraction of sp³-hybridized carbons (Fsp3) is 0.263. The van der Waals surface area contributed by atoms with Crippen molar-refractivity contribution in [3.63, 3.8) is 0 Å². The molecule has 0 spiro atoms. The summed E-state index contributed by atoms with van der Waals surface area (Å²) in [6, 6.07) is 9.90. The molecule has 1 N–H and O–H groups in total. The molecule has 2 amide bonds. The molecular formula is C19H16BrF3N2O2. The van der Waals surface area contributed by atoms with Gasteiger partial charge in [-0.1, -0.05) is 22.0 Å². The molecule has 0 aliphatic carbocycles. The molecule has 0 bridgehead atoms. The van der Waals surface area contributed by atoms with E-state index in [1.54, 1.807) is 18.2 Å². The minimum Gasteiger partial charge on any atom is -0.326 e. The van der Waals surface area contributed by atoms with Crippen LogP contribution in [0.25, 0.3) is 0 Å². The molecule has 1 aliphatic heterocycles. The number of benzene rings is 2. The highest BCUT2D eigenvalue weighted by atomic mass is 79.9. The van der Waals surface area contributed by atoms with Gasteiger partial charge in [-0.3, -0.25) is 9.59 Å². The molecule has 0 aromatic heterocycles. The quantitative estimate of drug-likeness (QED) is 0.747. The van der Waals surface area contributed by atoms with Crippen LogP contribution < -0.4 is 10.2 Å². The highest BCUT2D eigenvalue weighted by molar-refractivity contribution is 9.10. The Kier molecular flexibility index (Phi) is 5.28. The van der Waals surface area contributed by atoms with Crippen molar-refractivity contribution in [3.8, 4) is 0 Å². The molecule has 1 aliphatic rings. The average Bonchev–Trinajstić information content (AvgIpc) is 2.99. The lowest BCUT2D eigenvalue weighted by molar-refractivity contribution is -0.137. The Morgan fingerprint density at radius 1 is 1.22 bits per heavy atom. The van der Waals surface area contributed by atoms with E-state index in [4.69, 9.17) is 0 Å². The maximum Gasteiger partial charge on any atom is 0.416 e. The average molecular weight is 441 g/mol. The summed E-state index contributed by atoms with van der Waals surface area (Å²) in [7, 11) is 0. The second-order valence-corrected chi connectivity index (χ2v) is 7.26. The first-order valence-corrected chi connectivity index (χ1v) is 8.99. The third-order valence-corrected chi connectivity index (χ3v) is 5.30. The number of amides is 2. The fourth-order valence-electron chi connectivity index (χ4n) is 2.95. The van der Waals surface area contributed by atoms with Crippen LogP contribution in [0.1, 0.15) is 17.5 Å². The third kappa shape index (κ3) is 4.32. The van der Waals surface area contributed by atoms with Gasteiger partial charge in [0.2, 0.25) is 11.8 Å². The Morgan fingerprint density at radius 2 is 1.96 bits per heavy atom. The fourth-order valence-corrected chi connectivity index (χ4v) is 3.20. The second-order valence-electron chi connectivity index (χ2n) is 6.41. The molecule has 1 atom stereocenters. The first-order valence-electron chi connectivity index (χ1n) is 8.20. The van der Waals surface area contributed by atoms with Gasteiger partial charge in [-0.2, -0.15) is 13.2 Å². The molecule has 1 heterocycles. The van der Waals surface area contributed by atoms with E-state index in [9.17, 15) is 22.8 Å². The van der Waals surface area contributed by atoms with Gasteiger partial charge >= 0.3 is 6.18 Å².